The van der Waals surface area contributed by atoms with Crippen molar-refractivity contribution in [2.75, 3.05) is 0 Å². The van der Waals surface area contributed by atoms with Crippen molar-refractivity contribution in [2.24, 2.45) is 7.05 Å². The average Bonchev–Trinajstić information content (AvgIpc) is 2.71. The van der Waals surface area contributed by atoms with Crippen LogP contribution in [0.25, 0.3) is 0 Å². The van der Waals surface area contributed by atoms with Crippen LogP contribution >= 0.6 is 0 Å². The Labute approximate surface area is 102 Å². The van der Waals surface area contributed by atoms with Gasteiger partial charge in [-0.05, 0) is 24.3 Å². The van der Waals surface area contributed by atoms with Crippen LogP contribution in [0.15, 0.2) is 36.4 Å². The largest absolute Gasteiger partial charge is 0.477 e. The molecular formula is C13H10FNO3. The molecule has 0 amide bonds. The summed E-state index contributed by atoms with van der Waals surface area (Å²) in [6.45, 7) is 0. The molecule has 0 aliphatic rings. The summed E-state index contributed by atoms with van der Waals surface area (Å²) in [4.78, 5) is 22.9. The Kier molecular flexibility index (Phi) is 2.97. The molecule has 0 aliphatic heterocycles. The van der Waals surface area contributed by atoms with E-state index in [-0.39, 0.29) is 17.0 Å². The maximum Gasteiger partial charge on any atom is 0.352 e. The maximum absolute atomic E-state index is 13.5. The summed E-state index contributed by atoms with van der Waals surface area (Å²) >= 11 is 0. The third-order valence-corrected chi connectivity index (χ3v) is 2.69. The van der Waals surface area contributed by atoms with E-state index in [2.05, 4.69) is 0 Å². The van der Waals surface area contributed by atoms with E-state index >= 15 is 0 Å². The minimum Gasteiger partial charge on any atom is -0.477 e. The number of nitrogens with zero attached hydrogens (tertiary/aromatic N) is 1. The fourth-order valence-corrected chi connectivity index (χ4v) is 1.74. The predicted octanol–water partition coefficient (Wildman–Crippen LogP) is 2.09. The first kappa shape index (κ1) is 12.0. The summed E-state index contributed by atoms with van der Waals surface area (Å²) < 4.78 is 14.7. The smallest absolute Gasteiger partial charge is 0.352 e. The van der Waals surface area contributed by atoms with Crippen LogP contribution in [0.5, 0.6) is 0 Å². The number of carboxylic acid groups (broad SMARTS) is 1. The van der Waals surface area contributed by atoms with Crippen LogP contribution in [-0.2, 0) is 7.05 Å². The van der Waals surface area contributed by atoms with Crippen LogP contribution in [-0.4, -0.2) is 21.4 Å². The van der Waals surface area contributed by atoms with Crippen LogP contribution in [0, 0.1) is 5.82 Å². The Morgan fingerprint density at radius 1 is 1.11 bits per heavy atom. The van der Waals surface area contributed by atoms with E-state index in [1.807, 2.05) is 0 Å². The Morgan fingerprint density at radius 2 is 1.72 bits per heavy atom. The summed E-state index contributed by atoms with van der Waals surface area (Å²) in [5, 5.41) is 8.88. The number of carboxylic acids is 1. The minimum atomic E-state index is -1.13. The molecule has 0 fully saturated rings. The number of aromatic nitrogens is 1. The van der Waals surface area contributed by atoms with Gasteiger partial charge < -0.3 is 9.67 Å². The molecule has 4 nitrogen and oxygen atoms in total. The average molecular weight is 247 g/mol. The lowest BCUT2D eigenvalue weighted by atomic mass is 10.1. The van der Waals surface area contributed by atoms with Crippen molar-refractivity contribution in [3.05, 3.63) is 59.2 Å². The van der Waals surface area contributed by atoms with E-state index in [4.69, 9.17) is 5.11 Å². The van der Waals surface area contributed by atoms with Gasteiger partial charge in [0, 0.05) is 7.05 Å². The highest BCUT2D eigenvalue weighted by atomic mass is 19.1. The van der Waals surface area contributed by atoms with E-state index < -0.39 is 17.6 Å². The predicted molar refractivity (Wildman–Crippen MR) is 62.2 cm³/mol. The van der Waals surface area contributed by atoms with E-state index in [9.17, 15) is 14.0 Å². The lowest BCUT2D eigenvalue weighted by Gasteiger charge is -2.05. The van der Waals surface area contributed by atoms with Gasteiger partial charge in [0.15, 0.2) is 0 Å². The zero-order valence-electron chi connectivity index (χ0n) is 9.55. The first-order valence-electron chi connectivity index (χ1n) is 5.20. The van der Waals surface area contributed by atoms with Crippen molar-refractivity contribution in [1.82, 2.24) is 4.57 Å². The summed E-state index contributed by atoms with van der Waals surface area (Å²) in [5.41, 5.74) is 0.0443. The zero-order chi connectivity index (χ0) is 13.3. The highest BCUT2D eigenvalue weighted by Crippen LogP contribution is 2.15. The minimum absolute atomic E-state index is 0.0188. The molecule has 1 aromatic carbocycles. The quantitative estimate of drug-likeness (QED) is 0.845. The van der Waals surface area contributed by atoms with Crippen LogP contribution in [0.2, 0.25) is 0 Å². The van der Waals surface area contributed by atoms with Crippen LogP contribution in [0.4, 0.5) is 4.39 Å². The molecular weight excluding hydrogens is 237 g/mol. The van der Waals surface area contributed by atoms with Crippen molar-refractivity contribution in [2.45, 2.75) is 0 Å². The van der Waals surface area contributed by atoms with Gasteiger partial charge >= 0.3 is 5.97 Å². The van der Waals surface area contributed by atoms with Gasteiger partial charge in [-0.25, -0.2) is 9.18 Å². The summed E-state index contributed by atoms with van der Waals surface area (Å²) in [6.07, 6.45) is 0. The molecule has 0 spiro atoms. The molecule has 2 aromatic rings. The van der Waals surface area contributed by atoms with Gasteiger partial charge in [0.1, 0.15) is 11.5 Å². The highest BCUT2D eigenvalue weighted by Gasteiger charge is 2.19. The maximum atomic E-state index is 13.5. The van der Waals surface area contributed by atoms with Crippen molar-refractivity contribution >= 4 is 11.8 Å². The Morgan fingerprint density at radius 3 is 2.28 bits per heavy atom. The second-order valence-electron chi connectivity index (χ2n) is 3.78. The molecule has 5 heteroatoms. The SMILES string of the molecule is Cn1c(C(=O)O)ccc1C(=O)c1ccccc1F. The summed E-state index contributed by atoms with van der Waals surface area (Å²) in [6, 6.07) is 8.28. The Bertz CT molecular complexity index is 631. The standard InChI is InChI=1S/C13H10FNO3/c1-15-10(6-7-11(15)13(17)18)12(16)8-4-2-3-5-9(8)14/h2-7H,1H3,(H,17,18). The van der Waals surface area contributed by atoms with E-state index in [1.165, 1.54) is 41.9 Å². The van der Waals surface area contributed by atoms with Crippen LogP contribution < -0.4 is 0 Å². The van der Waals surface area contributed by atoms with Crippen molar-refractivity contribution < 1.29 is 19.1 Å². The Balaban J connectivity index is 2.48. The summed E-state index contributed by atoms with van der Waals surface area (Å²) in [5.74, 6) is -2.30. The van der Waals surface area contributed by atoms with Gasteiger partial charge in [-0.3, -0.25) is 4.79 Å². The van der Waals surface area contributed by atoms with Crippen molar-refractivity contribution in [3.8, 4) is 0 Å². The first-order chi connectivity index (χ1) is 8.52. The third kappa shape index (κ3) is 1.90. The van der Waals surface area contributed by atoms with E-state index in [1.54, 1.807) is 6.07 Å². The number of benzene rings is 1. The number of rotatable bonds is 3. The molecule has 1 heterocycles. The molecule has 0 bridgehead atoms. The number of carbonyl (C=O) groups excluding carboxylic acids is 1. The van der Waals surface area contributed by atoms with Crippen LogP contribution in [0.3, 0.4) is 0 Å². The van der Waals surface area contributed by atoms with Crippen LogP contribution in [0.1, 0.15) is 26.5 Å². The van der Waals surface area contributed by atoms with Gasteiger partial charge in [-0.1, -0.05) is 12.1 Å². The number of carbonyl (C=O) groups is 2. The number of hydrogen-bond donors (Lipinski definition) is 1. The molecule has 0 saturated carbocycles. The molecule has 0 atom stereocenters. The van der Waals surface area contributed by atoms with Gasteiger partial charge in [0.05, 0.1) is 11.3 Å². The molecule has 0 radical (unpaired) electrons. The topological polar surface area (TPSA) is 59.3 Å². The molecule has 0 unspecified atom stereocenters. The second kappa shape index (κ2) is 4.44. The molecule has 18 heavy (non-hydrogen) atoms. The van der Waals surface area contributed by atoms with E-state index in [0.717, 1.165) is 0 Å². The molecule has 1 aromatic heterocycles. The monoisotopic (exact) mass is 247 g/mol. The number of ketones is 1. The van der Waals surface area contributed by atoms with Gasteiger partial charge in [0.25, 0.3) is 0 Å². The van der Waals surface area contributed by atoms with Crippen molar-refractivity contribution in [1.29, 1.82) is 0 Å². The van der Waals surface area contributed by atoms with Gasteiger partial charge in [-0.15, -0.1) is 0 Å². The molecule has 0 saturated heterocycles. The third-order valence-electron chi connectivity index (χ3n) is 2.69. The number of hydrogen-bond acceptors (Lipinski definition) is 2. The fraction of sp³-hybridized carbons (Fsp3) is 0.0769. The molecule has 92 valence electrons. The fourth-order valence-electron chi connectivity index (χ4n) is 1.74. The lowest BCUT2D eigenvalue weighted by molar-refractivity contribution is 0.0686. The Hall–Kier alpha value is -2.43. The second-order valence-corrected chi connectivity index (χ2v) is 3.78. The van der Waals surface area contributed by atoms with E-state index in [0.29, 0.717) is 0 Å². The molecule has 0 aliphatic carbocycles. The lowest BCUT2D eigenvalue weighted by Crippen LogP contribution is -2.12. The number of halogens is 1. The number of aromatic carboxylic acids is 1. The molecule has 2 rings (SSSR count). The normalized spacial score (nSPS) is 10.3. The zero-order valence-corrected chi connectivity index (χ0v) is 9.55. The molecule has 1 N–H and O–H groups in total. The summed E-state index contributed by atoms with van der Waals surface area (Å²) in [7, 11) is 1.46. The van der Waals surface area contributed by atoms with Gasteiger partial charge in [0.2, 0.25) is 5.78 Å². The first-order valence-corrected chi connectivity index (χ1v) is 5.20. The van der Waals surface area contributed by atoms with Crippen molar-refractivity contribution in [3.63, 3.8) is 0 Å². The van der Waals surface area contributed by atoms with Gasteiger partial charge in [-0.2, -0.15) is 0 Å². The highest BCUT2D eigenvalue weighted by molar-refractivity contribution is 6.08.